The average molecular weight is 147 g/mol. The summed E-state index contributed by atoms with van der Waals surface area (Å²) in [6.45, 7) is 0. The minimum absolute atomic E-state index is 0.274. The Hall–Kier alpha value is -1.65. The zero-order chi connectivity index (χ0) is 7.52. The quantitative estimate of drug-likeness (QED) is 0.598. The van der Waals surface area contributed by atoms with E-state index >= 15 is 0 Å². The Morgan fingerprint density at radius 1 is 1.18 bits per heavy atom. The first kappa shape index (κ1) is 6.09. The van der Waals surface area contributed by atoms with Gasteiger partial charge in [-0.05, 0) is 16.5 Å². The molecule has 0 unspecified atom stereocenters. The molecule has 0 atom stereocenters. The molecule has 0 aromatic carbocycles. The Labute approximate surface area is 62.9 Å². The molecule has 1 aliphatic heterocycles. The molecular weight excluding hydrogens is 142 g/mol. The first-order valence-electron chi connectivity index (χ1n) is 3.17. The maximum atomic E-state index is 3.93. The van der Waals surface area contributed by atoms with Crippen LogP contribution >= 0.6 is 0 Å². The maximum absolute atomic E-state index is 3.93. The van der Waals surface area contributed by atoms with Crippen molar-refractivity contribution in [3.8, 4) is 0 Å². The van der Waals surface area contributed by atoms with Gasteiger partial charge in [-0.1, -0.05) is 6.07 Å². The maximum Gasteiger partial charge on any atom is 0.211 e. The lowest BCUT2D eigenvalue weighted by atomic mass is 10.2. The van der Waals surface area contributed by atoms with E-state index in [0.29, 0.717) is 0 Å². The standard InChI is InChI=1S/C6H5N5/c1-2-5(4-7-3-1)6-8-10-11-9-6/h1-4,6H. The second-order valence-electron chi connectivity index (χ2n) is 2.07. The van der Waals surface area contributed by atoms with E-state index in [1.165, 1.54) is 0 Å². The molecule has 5 heteroatoms. The van der Waals surface area contributed by atoms with Crippen LogP contribution in [0.3, 0.4) is 0 Å². The molecule has 0 radical (unpaired) electrons. The minimum atomic E-state index is -0.274. The van der Waals surface area contributed by atoms with Crippen molar-refractivity contribution in [3.05, 3.63) is 30.1 Å². The highest BCUT2D eigenvalue weighted by Crippen LogP contribution is 2.22. The summed E-state index contributed by atoms with van der Waals surface area (Å²) in [5, 5.41) is 14.3. The lowest BCUT2D eigenvalue weighted by molar-refractivity contribution is 0.760. The van der Waals surface area contributed by atoms with Gasteiger partial charge in [0.25, 0.3) is 0 Å². The van der Waals surface area contributed by atoms with Crippen molar-refractivity contribution in [2.45, 2.75) is 6.17 Å². The van der Waals surface area contributed by atoms with Gasteiger partial charge in [-0.15, -0.1) is 10.2 Å². The summed E-state index contributed by atoms with van der Waals surface area (Å²) in [5.41, 5.74) is 0.914. The third kappa shape index (κ3) is 1.12. The van der Waals surface area contributed by atoms with E-state index in [4.69, 9.17) is 0 Å². The Morgan fingerprint density at radius 2 is 2.00 bits per heavy atom. The summed E-state index contributed by atoms with van der Waals surface area (Å²) in [7, 11) is 0. The summed E-state index contributed by atoms with van der Waals surface area (Å²) in [5.74, 6) is 0. The molecule has 0 saturated carbocycles. The lowest BCUT2D eigenvalue weighted by Crippen LogP contribution is -1.87. The topological polar surface area (TPSA) is 62.3 Å². The summed E-state index contributed by atoms with van der Waals surface area (Å²) in [6.07, 6.45) is 3.13. The average Bonchev–Trinajstić information content (AvgIpc) is 2.58. The summed E-state index contributed by atoms with van der Waals surface area (Å²) in [4.78, 5) is 3.93. The first-order valence-corrected chi connectivity index (χ1v) is 3.17. The van der Waals surface area contributed by atoms with Crippen LogP contribution in [0.4, 0.5) is 0 Å². The van der Waals surface area contributed by atoms with E-state index in [0.717, 1.165) is 5.56 Å². The van der Waals surface area contributed by atoms with Gasteiger partial charge in [-0.25, -0.2) is 0 Å². The van der Waals surface area contributed by atoms with Crippen LogP contribution in [0.1, 0.15) is 11.7 Å². The van der Waals surface area contributed by atoms with Crippen molar-refractivity contribution in [2.24, 2.45) is 20.7 Å². The van der Waals surface area contributed by atoms with Gasteiger partial charge in [0.2, 0.25) is 6.17 Å². The largest absolute Gasteiger partial charge is 0.264 e. The highest BCUT2D eigenvalue weighted by atomic mass is 15.6. The van der Waals surface area contributed by atoms with E-state index in [-0.39, 0.29) is 6.17 Å². The highest BCUT2D eigenvalue weighted by molar-refractivity contribution is 5.12. The van der Waals surface area contributed by atoms with Crippen LogP contribution < -0.4 is 0 Å². The lowest BCUT2D eigenvalue weighted by Gasteiger charge is -1.97. The van der Waals surface area contributed by atoms with Gasteiger partial charge in [-0.3, -0.25) is 4.98 Å². The van der Waals surface area contributed by atoms with Gasteiger partial charge >= 0.3 is 0 Å². The molecule has 0 amide bonds. The van der Waals surface area contributed by atoms with Crippen molar-refractivity contribution in [2.75, 3.05) is 0 Å². The number of rotatable bonds is 1. The zero-order valence-electron chi connectivity index (χ0n) is 5.62. The predicted octanol–water partition coefficient (Wildman–Crippen LogP) is 1.91. The second-order valence-corrected chi connectivity index (χ2v) is 2.07. The smallest absolute Gasteiger partial charge is 0.211 e. The molecule has 1 aliphatic rings. The van der Waals surface area contributed by atoms with E-state index in [1.807, 2.05) is 12.1 Å². The number of nitrogens with zero attached hydrogens (tertiary/aromatic N) is 5. The summed E-state index contributed by atoms with van der Waals surface area (Å²) >= 11 is 0. The molecule has 0 saturated heterocycles. The second kappa shape index (κ2) is 2.53. The van der Waals surface area contributed by atoms with Gasteiger partial charge < -0.3 is 0 Å². The Balaban J connectivity index is 2.30. The number of pyridine rings is 1. The number of hydrogen-bond acceptors (Lipinski definition) is 5. The predicted molar refractivity (Wildman–Crippen MR) is 36.7 cm³/mol. The minimum Gasteiger partial charge on any atom is -0.264 e. The number of hydrogen-bond donors (Lipinski definition) is 0. The van der Waals surface area contributed by atoms with Crippen LogP contribution in [-0.4, -0.2) is 4.98 Å². The van der Waals surface area contributed by atoms with E-state index in [2.05, 4.69) is 25.7 Å². The van der Waals surface area contributed by atoms with E-state index in [1.54, 1.807) is 12.4 Å². The van der Waals surface area contributed by atoms with Gasteiger partial charge in [0.15, 0.2) is 0 Å². The van der Waals surface area contributed by atoms with Crippen molar-refractivity contribution in [3.63, 3.8) is 0 Å². The monoisotopic (exact) mass is 147 g/mol. The highest BCUT2D eigenvalue weighted by Gasteiger charge is 2.11. The molecule has 0 spiro atoms. The molecule has 11 heavy (non-hydrogen) atoms. The van der Waals surface area contributed by atoms with Crippen LogP contribution in [0.25, 0.3) is 0 Å². The summed E-state index contributed by atoms with van der Waals surface area (Å²) in [6, 6.07) is 3.72. The molecule has 1 aromatic rings. The SMILES string of the molecule is c1cncc(C2N=NN=N2)c1. The summed E-state index contributed by atoms with van der Waals surface area (Å²) < 4.78 is 0. The van der Waals surface area contributed by atoms with Gasteiger partial charge in [0.05, 0.1) is 0 Å². The van der Waals surface area contributed by atoms with E-state index < -0.39 is 0 Å². The Kier molecular flexibility index (Phi) is 1.40. The molecule has 1 aromatic heterocycles. The molecule has 5 nitrogen and oxygen atoms in total. The fourth-order valence-electron chi connectivity index (χ4n) is 0.829. The molecule has 2 rings (SSSR count). The molecular formula is C6H5N5. The van der Waals surface area contributed by atoms with Crippen molar-refractivity contribution in [1.82, 2.24) is 4.98 Å². The van der Waals surface area contributed by atoms with Crippen LogP contribution in [0, 0.1) is 0 Å². The van der Waals surface area contributed by atoms with E-state index in [9.17, 15) is 0 Å². The first-order chi connectivity index (χ1) is 5.47. The number of aromatic nitrogens is 1. The third-order valence-electron chi connectivity index (χ3n) is 1.34. The third-order valence-corrected chi connectivity index (χ3v) is 1.34. The normalized spacial score (nSPS) is 16.0. The molecule has 0 N–H and O–H groups in total. The fraction of sp³-hybridized carbons (Fsp3) is 0.167. The molecule has 0 bridgehead atoms. The van der Waals surface area contributed by atoms with Gasteiger partial charge in [-0.2, -0.15) is 0 Å². The van der Waals surface area contributed by atoms with Crippen LogP contribution in [0.15, 0.2) is 45.2 Å². The molecule has 2 heterocycles. The molecule has 0 aliphatic carbocycles. The van der Waals surface area contributed by atoms with Crippen molar-refractivity contribution in [1.29, 1.82) is 0 Å². The molecule has 0 fully saturated rings. The van der Waals surface area contributed by atoms with Crippen LogP contribution in [0.2, 0.25) is 0 Å². The van der Waals surface area contributed by atoms with Gasteiger partial charge in [0, 0.05) is 18.0 Å². The van der Waals surface area contributed by atoms with Crippen molar-refractivity contribution >= 4 is 0 Å². The zero-order valence-corrected chi connectivity index (χ0v) is 5.62. The Bertz CT molecular complexity index is 279. The van der Waals surface area contributed by atoms with Crippen LogP contribution in [-0.2, 0) is 0 Å². The van der Waals surface area contributed by atoms with Crippen LogP contribution in [0.5, 0.6) is 0 Å². The fourth-order valence-corrected chi connectivity index (χ4v) is 0.829. The Morgan fingerprint density at radius 3 is 2.64 bits per heavy atom. The van der Waals surface area contributed by atoms with Crippen molar-refractivity contribution < 1.29 is 0 Å². The van der Waals surface area contributed by atoms with Gasteiger partial charge in [0.1, 0.15) is 0 Å². The molecule has 54 valence electrons.